The first-order valence-electron chi connectivity index (χ1n) is 9.76. The minimum atomic E-state index is -3.50. The summed E-state index contributed by atoms with van der Waals surface area (Å²) >= 11 is 1.45. The van der Waals surface area contributed by atoms with Crippen LogP contribution in [0.3, 0.4) is 0 Å². The molecule has 0 saturated heterocycles. The molecule has 0 bridgehead atoms. The molecule has 3 rings (SSSR count). The second kappa shape index (κ2) is 9.65. The summed E-state index contributed by atoms with van der Waals surface area (Å²) in [6.45, 7) is 5.53. The van der Waals surface area contributed by atoms with Gasteiger partial charge in [0.2, 0.25) is 0 Å². The Bertz CT molecular complexity index is 1150. The van der Waals surface area contributed by atoms with Crippen molar-refractivity contribution in [2.24, 2.45) is 7.05 Å². The Kier molecular flexibility index (Phi) is 7.17. The third-order valence-corrected chi connectivity index (χ3v) is 7.24. The summed E-state index contributed by atoms with van der Waals surface area (Å²) in [7, 11) is -1.75. The lowest BCUT2D eigenvalue weighted by Gasteiger charge is -2.08. The van der Waals surface area contributed by atoms with Gasteiger partial charge in [0.15, 0.2) is 15.0 Å². The number of hydrogen-bond donors (Lipinski definition) is 0. The maximum Gasteiger partial charge on any atom is 0.338 e. The van der Waals surface area contributed by atoms with Crippen LogP contribution in [0.2, 0.25) is 0 Å². The zero-order valence-electron chi connectivity index (χ0n) is 17.9. The van der Waals surface area contributed by atoms with Crippen molar-refractivity contribution < 1.29 is 17.9 Å². The summed E-state index contributed by atoms with van der Waals surface area (Å²) in [5, 5.41) is 8.83. The average Bonchev–Trinajstić information content (AvgIpc) is 3.05. The van der Waals surface area contributed by atoms with E-state index in [1.807, 2.05) is 32.9 Å². The number of benzene rings is 2. The molecule has 7 nitrogen and oxygen atoms in total. The van der Waals surface area contributed by atoms with E-state index in [1.165, 1.54) is 11.8 Å². The van der Waals surface area contributed by atoms with E-state index < -0.39 is 9.84 Å². The highest BCUT2D eigenvalue weighted by atomic mass is 32.2. The van der Waals surface area contributed by atoms with E-state index >= 15 is 0 Å². The van der Waals surface area contributed by atoms with Crippen molar-refractivity contribution in [2.45, 2.75) is 48.4 Å². The third kappa shape index (κ3) is 5.95. The Balaban J connectivity index is 1.64. The van der Waals surface area contributed by atoms with Crippen LogP contribution in [-0.4, -0.2) is 35.3 Å². The minimum absolute atomic E-state index is 0.164. The zero-order chi connectivity index (χ0) is 22.6. The van der Waals surface area contributed by atoms with Crippen LogP contribution in [0.5, 0.6) is 0 Å². The molecule has 0 unspecified atom stereocenters. The van der Waals surface area contributed by atoms with Crippen LogP contribution in [0, 0.1) is 6.92 Å². The van der Waals surface area contributed by atoms with Crippen molar-refractivity contribution in [3.05, 3.63) is 71.0 Å². The number of carbonyl (C=O) groups excluding carboxylic acids is 1. The van der Waals surface area contributed by atoms with E-state index in [0.29, 0.717) is 22.3 Å². The number of hydrogen-bond acceptors (Lipinski definition) is 7. The highest BCUT2D eigenvalue weighted by molar-refractivity contribution is 7.98. The summed E-state index contributed by atoms with van der Waals surface area (Å²) in [5.74, 6) is 0.431. The average molecular weight is 460 g/mol. The van der Waals surface area contributed by atoms with E-state index in [0.717, 1.165) is 11.1 Å². The molecule has 2 aromatic carbocycles. The molecule has 3 aromatic rings. The van der Waals surface area contributed by atoms with E-state index in [4.69, 9.17) is 4.74 Å². The van der Waals surface area contributed by atoms with Gasteiger partial charge >= 0.3 is 5.97 Å². The van der Waals surface area contributed by atoms with Gasteiger partial charge < -0.3 is 9.30 Å². The van der Waals surface area contributed by atoms with Gasteiger partial charge in [-0.25, -0.2) is 13.2 Å². The molecule has 9 heteroatoms. The summed E-state index contributed by atoms with van der Waals surface area (Å²) in [6.07, 6.45) is -0.164. The van der Waals surface area contributed by atoms with Crippen LogP contribution in [0.4, 0.5) is 0 Å². The summed E-state index contributed by atoms with van der Waals surface area (Å²) in [6, 6.07) is 14.0. The first-order valence-corrected chi connectivity index (χ1v) is 12.4. The fourth-order valence-electron chi connectivity index (χ4n) is 2.76. The Morgan fingerprint density at radius 3 is 2.32 bits per heavy atom. The number of ether oxygens (including phenoxy) is 1. The first-order chi connectivity index (χ1) is 14.7. The van der Waals surface area contributed by atoms with Crippen LogP contribution >= 0.6 is 11.8 Å². The lowest BCUT2D eigenvalue weighted by Crippen LogP contribution is -2.11. The molecule has 164 valence electrons. The number of carbonyl (C=O) groups is 1. The molecule has 0 spiro atoms. The molecule has 0 radical (unpaired) electrons. The predicted octanol–water partition coefficient (Wildman–Crippen LogP) is 3.95. The Morgan fingerprint density at radius 1 is 1.06 bits per heavy atom. The van der Waals surface area contributed by atoms with Gasteiger partial charge in [-0.05, 0) is 50.6 Å². The topological polar surface area (TPSA) is 91.2 Å². The number of aromatic nitrogens is 3. The predicted molar refractivity (Wildman–Crippen MR) is 120 cm³/mol. The van der Waals surface area contributed by atoms with Crippen molar-refractivity contribution in [3.8, 4) is 0 Å². The molecule has 0 fully saturated rings. The third-order valence-electron chi connectivity index (χ3n) is 4.52. The molecule has 0 N–H and O–H groups in total. The SMILES string of the molecule is Cc1ccc(S(=O)(=O)Cc2nnc(SCc3ccc(C(=O)OC(C)C)cc3)n2C)cc1. The second-order valence-electron chi connectivity index (χ2n) is 7.47. The number of sulfone groups is 1. The normalized spacial score (nSPS) is 11.6. The van der Waals surface area contributed by atoms with Gasteiger partial charge in [-0.3, -0.25) is 0 Å². The van der Waals surface area contributed by atoms with E-state index in [2.05, 4.69) is 10.2 Å². The van der Waals surface area contributed by atoms with Gasteiger partial charge in [-0.1, -0.05) is 41.6 Å². The van der Waals surface area contributed by atoms with Gasteiger partial charge in [0.05, 0.1) is 16.6 Å². The van der Waals surface area contributed by atoms with Crippen LogP contribution in [-0.2, 0) is 33.1 Å². The van der Waals surface area contributed by atoms with E-state index in [-0.39, 0.29) is 22.7 Å². The van der Waals surface area contributed by atoms with Crippen molar-refractivity contribution >= 4 is 27.6 Å². The van der Waals surface area contributed by atoms with Crippen LogP contribution in [0.25, 0.3) is 0 Å². The maximum absolute atomic E-state index is 12.7. The van der Waals surface area contributed by atoms with Gasteiger partial charge in [0.1, 0.15) is 11.6 Å². The monoisotopic (exact) mass is 459 g/mol. The van der Waals surface area contributed by atoms with E-state index in [9.17, 15) is 13.2 Å². The molecular weight excluding hydrogens is 434 g/mol. The molecule has 31 heavy (non-hydrogen) atoms. The zero-order valence-corrected chi connectivity index (χ0v) is 19.5. The van der Waals surface area contributed by atoms with Crippen LogP contribution in [0.1, 0.15) is 41.2 Å². The van der Waals surface area contributed by atoms with Crippen molar-refractivity contribution in [1.29, 1.82) is 0 Å². The summed E-state index contributed by atoms with van der Waals surface area (Å²) in [5.41, 5.74) is 2.51. The number of rotatable bonds is 8. The molecule has 1 aromatic heterocycles. The van der Waals surface area contributed by atoms with Crippen molar-refractivity contribution in [3.63, 3.8) is 0 Å². The Hall–Kier alpha value is -2.65. The maximum atomic E-state index is 12.7. The summed E-state index contributed by atoms with van der Waals surface area (Å²) < 4.78 is 32.2. The smallest absolute Gasteiger partial charge is 0.338 e. The first kappa shape index (κ1) is 23.0. The second-order valence-corrected chi connectivity index (χ2v) is 10.4. The minimum Gasteiger partial charge on any atom is -0.459 e. The highest BCUT2D eigenvalue weighted by Crippen LogP contribution is 2.23. The largest absolute Gasteiger partial charge is 0.459 e. The number of nitrogens with zero attached hydrogens (tertiary/aromatic N) is 3. The lowest BCUT2D eigenvalue weighted by molar-refractivity contribution is 0.0378. The quantitative estimate of drug-likeness (QED) is 0.372. The van der Waals surface area contributed by atoms with Gasteiger partial charge in [-0.15, -0.1) is 10.2 Å². The molecule has 1 heterocycles. The Labute approximate surface area is 186 Å². The molecule has 0 saturated carbocycles. The van der Waals surface area contributed by atoms with Crippen molar-refractivity contribution in [1.82, 2.24) is 14.8 Å². The summed E-state index contributed by atoms with van der Waals surface area (Å²) in [4.78, 5) is 12.2. The molecule has 0 aliphatic carbocycles. The molecular formula is C22H25N3O4S2. The van der Waals surface area contributed by atoms with Gasteiger partial charge in [0.25, 0.3) is 0 Å². The number of aryl methyl sites for hydroxylation is 1. The van der Waals surface area contributed by atoms with Gasteiger partial charge in [0, 0.05) is 12.8 Å². The molecule has 0 atom stereocenters. The molecule has 0 aliphatic rings. The van der Waals surface area contributed by atoms with Crippen LogP contribution < -0.4 is 0 Å². The van der Waals surface area contributed by atoms with Crippen LogP contribution in [0.15, 0.2) is 58.6 Å². The number of esters is 1. The van der Waals surface area contributed by atoms with Crippen molar-refractivity contribution in [2.75, 3.05) is 0 Å². The highest BCUT2D eigenvalue weighted by Gasteiger charge is 2.20. The molecule has 0 aliphatic heterocycles. The standard InChI is InChI=1S/C22H25N3O4S2/c1-15(2)29-21(26)18-9-7-17(8-10-18)13-30-22-24-23-20(25(22)4)14-31(27,28)19-11-5-16(3)6-12-19/h5-12,15H,13-14H2,1-4H3. The lowest BCUT2D eigenvalue weighted by atomic mass is 10.1. The van der Waals surface area contributed by atoms with E-state index in [1.54, 1.807) is 48.0 Å². The molecule has 0 amide bonds. The fraction of sp³-hybridized carbons (Fsp3) is 0.318. The number of thioether (sulfide) groups is 1. The van der Waals surface area contributed by atoms with Gasteiger partial charge in [-0.2, -0.15) is 0 Å². The fourth-order valence-corrected chi connectivity index (χ4v) is 4.96. The Morgan fingerprint density at radius 2 is 1.71 bits per heavy atom.